The third kappa shape index (κ3) is 3.53. The molecule has 1 fully saturated rings. The molecule has 1 atom stereocenters. The van der Waals surface area contributed by atoms with E-state index < -0.39 is 5.54 Å². The fourth-order valence-corrected chi connectivity index (χ4v) is 6.83. The number of carbonyl (C=O) groups excluding carboxylic acids is 1. The highest BCUT2D eigenvalue weighted by molar-refractivity contribution is 8.00. The van der Waals surface area contributed by atoms with Gasteiger partial charge in [0.1, 0.15) is 21.7 Å². The Labute approximate surface area is 174 Å². The van der Waals surface area contributed by atoms with Gasteiger partial charge >= 0.3 is 0 Å². The summed E-state index contributed by atoms with van der Waals surface area (Å²) >= 11 is 3.27. The summed E-state index contributed by atoms with van der Waals surface area (Å²) in [6.45, 7) is 2.31. The molecule has 4 rings (SSSR count). The molecule has 0 aliphatic heterocycles. The highest BCUT2D eigenvalue weighted by atomic mass is 32.2. The molecule has 28 heavy (non-hydrogen) atoms. The molecule has 2 aromatic heterocycles. The summed E-state index contributed by atoms with van der Waals surface area (Å²) in [7, 11) is 1.79. The quantitative estimate of drug-likeness (QED) is 0.540. The Kier molecular flexibility index (Phi) is 5.62. The number of amides is 1. The van der Waals surface area contributed by atoms with Crippen LogP contribution in [0.1, 0.15) is 55.9 Å². The number of carbonyl (C=O) groups is 1. The molecule has 1 saturated carbocycles. The molecule has 0 spiro atoms. The Hall–Kier alpha value is -1.65. The SMILES string of the molecule is C[C@@H]1CCc2c(sc3ncnc(SCC(=O)N(C)C4(C#N)CCCCC4)c23)C1. The topological polar surface area (TPSA) is 69.9 Å². The van der Waals surface area contributed by atoms with Gasteiger partial charge in [0.15, 0.2) is 0 Å². The van der Waals surface area contributed by atoms with Crippen LogP contribution in [-0.4, -0.2) is 39.1 Å². The highest BCUT2D eigenvalue weighted by Gasteiger charge is 2.38. The second kappa shape index (κ2) is 8.00. The number of aryl methyl sites for hydroxylation is 1. The third-order valence-electron chi connectivity index (χ3n) is 6.29. The molecule has 0 aromatic carbocycles. The van der Waals surface area contributed by atoms with Crippen molar-refractivity contribution in [1.29, 1.82) is 5.26 Å². The predicted octanol–water partition coefficient (Wildman–Crippen LogP) is 4.59. The number of hydrogen-bond acceptors (Lipinski definition) is 6. The van der Waals surface area contributed by atoms with Crippen LogP contribution in [0.3, 0.4) is 0 Å². The van der Waals surface area contributed by atoms with Gasteiger partial charge < -0.3 is 4.90 Å². The van der Waals surface area contributed by atoms with Gasteiger partial charge in [-0.2, -0.15) is 5.26 Å². The number of thioether (sulfide) groups is 1. The molecule has 5 nitrogen and oxygen atoms in total. The molecular formula is C21H26N4OS2. The van der Waals surface area contributed by atoms with E-state index >= 15 is 0 Å². The third-order valence-corrected chi connectivity index (χ3v) is 8.43. The predicted molar refractivity (Wildman–Crippen MR) is 114 cm³/mol. The Balaban J connectivity index is 1.53. The molecule has 1 amide bonds. The fraction of sp³-hybridized carbons (Fsp3) is 0.619. The minimum absolute atomic E-state index is 0.0120. The van der Waals surface area contributed by atoms with Gasteiger partial charge in [0, 0.05) is 17.3 Å². The van der Waals surface area contributed by atoms with Crippen molar-refractivity contribution in [3.63, 3.8) is 0 Å². The molecule has 148 valence electrons. The summed E-state index contributed by atoms with van der Waals surface area (Å²) in [5.74, 6) is 1.04. The first-order valence-corrected chi connectivity index (χ1v) is 11.9. The van der Waals surface area contributed by atoms with Crippen molar-refractivity contribution in [1.82, 2.24) is 14.9 Å². The first-order valence-electron chi connectivity index (χ1n) is 10.1. The Morgan fingerprint density at radius 2 is 2.18 bits per heavy atom. The van der Waals surface area contributed by atoms with Crippen LogP contribution in [0.5, 0.6) is 0 Å². The van der Waals surface area contributed by atoms with Crippen LogP contribution in [0, 0.1) is 17.2 Å². The average Bonchev–Trinajstić information content (AvgIpc) is 3.09. The molecule has 0 N–H and O–H groups in total. The lowest BCUT2D eigenvalue weighted by molar-refractivity contribution is -0.131. The Morgan fingerprint density at radius 1 is 1.39 bits per heavy atom. The molecule has 0 radical (unpaired) electrons. The van der Waals surface area contributed by atoms with Gasteiger partial charge in [0.2, 0.25) is 5.91 Å². The second-order valence-corrected chi connectivity index (χ2v) is 10.2. The summed E-state index contributed by atoms with van der Waals surface area (Å²) in [5.41, 5.74) is 0.761. The van der Waals surface area contributed by atoms with E-state index in [1.54, 1.807) is 29.6 Å². The maximum Gasteiger partial charge on any atom is 0.234 e. The standard InChI is InChI=1S/C21H26N4OS2/c1-14-6-7-15-16(10-14)28-20-18(15)19(23-13-24-20)27-11-17(26)25(2)21(12-22)8-4-3-5-9-21/h13-14H,3-11H2,1-2H3/t14-/m1/s1. The fourth-order valence-electron chi connectivity index (χ4n) is 4.48. The maximum absolute atomic E-state index is 12.9. The van der Waals surface area contributed by atoms with Crippen molar-refractivity contribution in [3.8, 4) is 6.07 Å². The van der Waals surface area contributed by atoms with Crippen molar-refractivity contribution in [2.45, 2.75) is 68.9 Å². The van der Waals surface area contributed by atoms with E-state index in [1.807, 2.05) is 0 Å². The summed E-state index contributed by atoms with van der Waals surface area (Å²) in [6.07, 6.45) is 9.76. The lowest BCUT2D eigenvalue weighted by Gasteiger charge is -2.39. The Bertz CT molecular complexity index is 926. The van der Waals surface area contributed by atoms with Crippen LogP contribution in [0.15, 0.2) is 11.4 Å². The summed E-state index contributed by atoms with van der Waals surface area (Å²) in [6, 6.07) is 2.44. The molecule has 0 bridgehead atoms. The van der Waals surface area contributed by atoms with Crippen LogP contribution in [0.2, 0.25) is 0 Å². The first-order chi connectivity index (χ1) is 13.5. The van der Waals surface area contributed by atoms with Crippen molar-refractivity contribution in [2.24, 2.45) is 5.92 Å². The summed E-state index contributed by atoms with van der Waals surface area (Å²) in [4.78, 5) is 26.1. The van der Waals surface area contributed by atoms with E-state index in [9.17, 15) is 10.1 Å². The number of nitrogens with zero attached hydrogens (tertiary/aromatic N) is 4. The smallest absolute Gasteiger partial charge is 0.234 e. The first kappa shape index (κ1) is 19.7. The van der Waals surface area contributed by atoms with E-state index in [0.29, 0.717) is 5.75 Å². The van der Waals surface area contributed by atoms with Gasteiger partial charge in [-0.1, -0.05) is 37.9 Å². The van der Waals surface area contributed by atoms with Crippen molar-refractivity contribution in [3.05, 3.63) is 16.8 Å². The van der Waals surface area contributed by atoms with Crippen LogP contribution in [0.25, 0.3) is 10.2 Å². The highest BCUT2D eigenvalue weighted by Crippen LogP contribution is 2.40. The summed E-state index contributed by atoms with van der Waals surface area (Å²) in [5, 5.41) is 11.8. The van der Waals surface area contributed by atoms with Gasteiger partial charge in [-0.3, -0.25) is 4.79 Å². The van der Waals surface area contributed by atoms with Crippen LogP contribution in [0.4, 0.5) is 0 Å². The number of fused-ring (bicyclic) bond motifs is 3. The second-order valence-electron chi connectivity index (χ2n) is 8.16. The normalized spacial score (nSPS) is 21.1. The maximum atomic E-state index is 12.9. The van der Waals surface area contributed by atoms with Crippen LogP contribution >= 0.6 is 23.1 Å². The number of rotatable bonds is 4. The van der Waals surface area contributed by atoms with Gasteiger partial charge in [0.25, 0.3) is 0 Å². The van der Waals surface area contributed by atoms with Crippen LogP contribution in [-0.2, 0) is 17.6 Å². The lowest BCUT2D eigenvalue weighted by atomic mass is 9.81. The van der Waals surface area contributed by atoms with Crippen molar-refractivity contribution in [2.75, 3.05) is 12.8 Å². The number of aromatic nitrogens is 2. The van der Waals surface area contributed by atoms with Gasteiger partial charge in [-0.25, -0.2) is 9.97 Å². The molecular weight excluding hydrogens is 388 g/mol. The van der Waals surface area contributed by atoms with E-state index in [2.05, 4.69) is 23.0 Å². The molecule has 2 heterocycles. The zero-order valence-electron chi connectivity index (χ0n) is 16.5. The monoisotopic (exact) mass is 414 g/mol. The minimum atomic E-state index is -0.630. The van der Waals surface area contributed by atoms with Crippen molar-refractivity contribution < 1.29 is 4.79 Å². The van der Waals surface area contributed by atoms with E-state index in [4.69, 9.17) is 0 Å². The molecule has 2 aliphatic rings. The lowest BCUT2D eigenvalue weighted by Crippen LogP contribution is -2.50. The average molecular weight is 415 g/mol. The number of nitriles is 1. The van der Waals surface area contributed by atoms with Crippen LogP contribution < -0.4 is 0 Å². The molecule has 0 unspecified atom stereocenters. The van der Waals surface area contributed by atoms with E-state index in [-0.39, 0.29) is 5.91 Å². The van der Waals surface area contributed by atoms with Gasteiger partial charge in [-0.15, -0.1) is 11.3 Å². The van der Waals surface area contributed by atoms with E-state index in [0.717, 1.165) is 66.1 Å². The van der Waals surface area contributed by atoms with E-state index in [1.165, 1.54) is 28.6 Å². The number of thiophene rings is 1. The summed E-state index contributed by atoms with van der Waals surface area (Å²) < 4.78 is 0. The zero-order valence-corrected chi connectivity index (χ0v) is 18.2. The largest absolute Gasteiger partial charge is 0.326 e. The zero-order chi connectivity index (χ0) is 19.7. The molecule has 7 heteroatoms. The van der Waals surface area contributed by atoms with Gasteiger partial charge in [-0.05, 0) is 43.6 Å². The number of hydrogen-bond donors (Lipinski definition) is 0. The van der Waals surface area contributed by atoms with Crippen molar-refractivity contribution >= 4 is 39.2 Å². The molecule has 2 aliphatic carbocycles. The van der Waals surface area contributed by atoms with Gasteiger partial charge in [0.05, 0.1) is 11.8 Å². The molecule has 0 saturated heterocycles. The molecule has 2 aromatic rings. The minimum Gasteiger partial charge on any atom is -0.326 e. The Morgan fingerprint density at radius 3 is 2.93 bits per heavy atom.